The minimum Gasteiger partial charge on any atom is -0.460 e. The number of ether oxygens (including phenoxy) is 8. The van der Waals surface area contributed by atoms with Gasteiger partial charge in [0.1, 0.15) is 40.3 Å². The molecule has 1 aromatic rings. The van der Waals surface area contributed by atoms with Gasteiger partial charge in [-0.2, -0.15) is 0 Å². The van der Waals surface area contributed by atoms with E-state index in [1.165, 1.54) is 6.20 Å². The van der Waals surface area contributed by atoms with E-state index in [1.54, 1.807) is 95.2 Å². The molecule has 0 aliphatic carbocycles. The largest absolute Gasteiger partial charge is 0.460 e. The molecular formula is C46H79N7O15. The number of hydrogen-bond donors (Lipinski definition) is 6. The molecule has 0 fully saturated rings. The maximum absolute atomic E-state index is 13.2. The van der Waals surface area contributed by atoms with Crippen LogP contribution in [0.3, 0.4) is 0 Å². The Hall–Kier alpha value is -5.32. The number of nitrogens with zero attached hydrogens (tertiary/aromatic N) is 1. The summed E-state index contributed by atoms with van der Waals surface area (Å²) in [5.74, 6) is -2.16. The number of hydrazine groups is 1. The fraction of sp³-hybridized carbons (Fsp3) is 0.739. The van der Waals surface area contributed by atoms with Gasteiger partial charge >= 0.3 is 30.0 Å². The smallest absolute Gasteiger partial charge is 0.426 e. The highest BCUT2D eigenvalue weighted by Gasteiger charge is 2.31. The average molecular weight is 970 g/mol. The van der Waals surface area contributed by atoms with Crippen LogP contribution in [0, 0.1) is 0 Å². The Morgan fingerprint density at radius 2 is 1.04 bits per heavy atom. The zero-order valence-electron chi connectivity index (χ0n) is 42.3. The summed E-state index contributed by atoms with van der Waals surface area (Å²) < 4.78 is 43.4. The van der Waals surface area contributed by atoms with Crippen molar-refractivity contribution in [2.24, 2.45) is 0 Å². The van der Waals surface area contributed by atoms with Gasteiger partial charge in [-0.05, 0) is 121 Å². The highest BCUT2D eigenvalue weighted by atomic mass is 16.6. The third-order valence-corrected chi connectivity index (χ3v) is 8.13. The van der Waals surface area contributed by atoms with E-state index in [9.17, 15) is 33.6 Å². The van der Waals surface area contributed by atoms with Gasteiger partial charge in [-0.3, -0.25) is 19.8 Å². The van der Waals surface area contributed by atoms with Crippen molar-refractivity contribution in [2.75, 3.05) is 71.4 Å². The van der Waals surface area contributed by atoms with Gasteiger partial charge in [0.2, 0.25) is 5.91 Å². The van der Waals surface area contributed by atoms with E-state index in [0.29, 0.717) is 70.4 Å². The normalized spacial score (nSPS) is 12.7. The molecule has 0 saturated heterocycles. The second-order valence-electron chi connectivity index (χ2n) is 19.4. The first-order chi connectivity index (χ1) is 31.6. The summed E-state index contributed by atoms with van der Waals surface area (Å²) in [7, 11) is 0. The molecule has 2 atom stereocenters. The van der Waals surface area contributed by atoms with Crippen LogP contribution in [0.25, 0.3) is 0 Å². The van der Waals surface area contributed by atoms with Gasteiger partial charge in [-0.25, -0.2) is 29.6 Å². The fourth-order valence-electron chi connectivity index (χ4n) is 5.33. The number of nitrogens with one attached hydrogen (secondary N) is 6. The summed E-state index contributed by atoms with van der Waals surface area (Å²) in [6, 6.07) is 0.0141. The molecule has 1 aromatic heterocycles. The molecule has 22 heteroatoms. The minimum atomic E-state index is -1.20. The lowest BCUT2D eigenvalue weighted by Gasteiger charge is -2.27. The predicted octanol–water partition coefficient (Wildman–Crippen LogP) is 4.25. The first kappa shape index (κ1) is 60.7. The second-order valence-corrected chi connectivity index (χ2v) is 19.4. The molecule has 0 aromatic carbocycles. The molecule has 5 amide bonds. The first-order valence-corrected chi connectivity index (χ1v) is 22.9. The molecule has 1 heterocycles. The van der Waals surface area contributed by atoms with Crippen molar-refractivity contribution in [3.05, 3.63) is 23.9 Å². The molecule has 6 N–H and O–H groups in total. The molecule has 0 radical (unpaired) electrons. The van der Waals surface area contributed by atoms with Crippen molar-refractivity contribution in [2.45, 2.75) is 156 Å². The van der Waals surface area contributed by atoms with Gasteiger partial charge < -0.3 is 59.2 Å². The van der Waals surface area contributed by atoms with Gasteiger partial charge in [0, 0.05) is 32.1 Å². The van der Waals surface area contributed by atoms with Crippen LogP contribution in [0.4, 0.5) is 15.4 Å². The van der Waals surface area contributed by atoms with Crippen LogP contribution in [0.5, 0.6) is 0 Å². The van der Waals surface area contributed by atoms with E-state index < -0.39 is 64.5 Å². The summed E-state index contributed by atoms with van der Waals surface area (Å²) in [4.78, 5) is 92.1. The summed E-state index contributed by atoms with van der Waals surface area (Å²) >= 11 is 0. The molecule has 22 nitrogen and oxygen atoms in total. The van der Waals surface area contributed by atoms with Crippen molar-refractivity contribution >= 4 is 47.7 Å². The Bertz CT molecular complexity index is 1700. The number of unbranched alkanes of at least 4 members (excludes halogenated alkanes) is 1. The minimum absolute atomic E-state index is 0.0909. The Kier molecular flexibility index (Phi) is 27.6. The monoisotopic (exact) mass is 970 g/mol. The summed E-state index contributed by atoms with van der Waals surface area (Å²) in [6.07, 6.45) is 1.73. The van der Waals surface area contributed by atoms with E-state index >= 15 is 0 Å². The number of aromatic nitrogens is 1. The third-order valence-electron chi connectivity index (χ3n) is 8.13. The van der Waals surface area contributed by atoms with Crippen LogP contribution in [-0.2, 0) is 57.1 Å². The van der Waals surface area contributed by atoms with Crippen molar-refractivity contribution < 1.29 is 71.5 Å². The number of pyridine rings is 1. The lowest BCUT2D eigenvalue weighted by atomic mass is 10.1. The first-order valence-electron chi connectivity index (χ1n) is 22.9. The molecule has 1 rings (SSSR count). The third kappa shape index (κ3) is 33.2. The zero-order chi connectivity index (χ0) is 51.4. The zero-order valence-corrected chi connectivity index (χ0v) is 42.3. The predicted molar refractivity (Wildman–Crippen MR) is 250 cm³/mol. The van der Waals surface area contributed by atoms with E-state index in [0.717, 1.165) is 0 Å². The standard InChI is InChI=1S/C46H79N7O15/c1-43(2,3)65-37(55)19-17-34(40(58)67-45(7,8)9)51-41(59)50-33(39(57)66-44(4,5)6)15-13-14-21-47-36(54)20-23-61-25-27-63-29-30-64-28-26-62-24-22-48-38(56)32-16-18-35(49-31-32)52-53-42(60)68-46(10,11)12/h16,18,31,33-34H,13-15,17,19-30H2,1-12H3,(H,47,54)(H,48,56)(H,49,52)(H,53,60)(H2,50,51,59)/t33-,34-/m0/s1. The maximum Gasteiger partial charge on any atom is 0.426 e. The average Bonchev–Trinajstić information content (AvgIpc) is 3.19. The maximum atomic E-state index is 13.2. The van der Waals surface area contributed by atoms with Crippen LogP contribution in [0.15, 0.2) is 18.3 Å². The SMILES string of the molecule is CC(C)(C)OC(=O)CC[C@H](NC(=O)N[C@@H](CCCCNC(=O)CCOCCOCCOCCOCCNC(=O)c1ccc(NNC(=O)OC(C)(C)C)nc1)C(=O)OC(C)(C)C)C(=O)OC(C)(C)C. The van der Waals surface area contributed by atoms with Crippen molar-refractivity contribution in [1.29, 1.82) is 0 Å². The van der Waals surface area contributed by atoms with Crippen molar-refractivity contribution in [3.63, 3.8) is 0 Å². The lowest BCUT2D eigenvalue weighted by Crippen LogP contribution is -2.53. The van der Waals surface area contributed by atoms with E-state index in [2.05, 4.69) is 37.1 Å². The number of amides is 5. The van der Waals surface area contributed by atoms with Gasteiger partial charge in [0.25, 0.3) is 5.91 Å². The lowest BCUT2D eigenvalue weighted by molar-refractivity contribution is -0.159. The van der Waals surface area contributed by atoms with E-state index in [4.69, 9.17) is 37.9 Å². The van der Waals surface area contributed by atoms with Gasteiger partial charge in [-0.1, -0.05) is 0 Å². The van der Waals surface area contributed by atoms with Gasteiger partial charge in [-0.15, -0.1) is 0 Å². The molecule has 0 saturated carbocycles. The van der Waals surface area contributed by atoms with Crippen LogP contribution in [0.1, 0.15) is 132 Å². The molecular weight excluding hydrogens is 891 g/mol. The number of carbonyl (C=O) groups is 7. The summed E-state index contributed by atoms with van der Waals surface area (Å²) in [5, 5.41) is 10.7. The van der Waals surface area contributed by atoms with E-state index in [1.807, 2.05) is 0 Å². The summed E-state index contributed by atoms with van der Waals surface area (Å²) in [5.41, 5.74) is 2.26. The molecule has 0 aliphatic heterocycles. The van der Waals surface area contributed by atoms with Crippen LogP contribution in [0.2, 0.25) is 0 Å². The molecule has 0 unspecified atom stereocenters. The molecule has 388 valence electrons. The Labute approximate surface area is 401 Å². The highest BCUT2D eigenvalue weighted by Crippen LogP contribution is 2.15. The quantitative estimate of drug-likeness (QED) is 0.0272. The fourth-order valence-corrected chi connectivity index (χ4v) is 5.33. The van der Waals surface area contributed by atoms with Crippen LogP contribution < -0.4 is 32.1 Å². The molecule has 68 heavy (non-hydrogen) atoms. The second kappa shape index (κ2) is 30.9. The number of anilines is 1. The number of hydrogen-bond acceptors (Lipinski definition) is 17. The van der Waals surface area contributed by atoms with Crippen molar-refractivity contribution in [1.82, 2.24) is 31.7 Å². The molecule has 0 spiro atoms. The van der Waals surface area contributed by atoms with Crippen molar-refractivity contribution in [3.8, 4) is 0 Å². The summed E-state index contributed by atoms with van der Waals surface area (Å²) in [6.45, 7) is 23.6. The Morgan fingerprint density at radius 1 is 0.544 bits per heavy atom. The molecule has 0 bridgehead atoms. The van der Waals surface area contributed by atoms with Crippen LogP contribution in [-0.4, -0.2) is 147 Å². The molecule has 0 aliphatic rings. The topological polar surface area (TPSA) is 278 Å². The van der Waals surface area contributed by atoms with Gasteiger partial charge in [0.15, 0.2) is 0 Å². The Morgan fingerprint density at radius 3 is 1.54 bits per heavy atom. The van der Waals surface area contributed by atoms with E-state index in [-0.39, 0.29) is 57.3 Å². The Balaban J connectivity index is 2.25. The number of esters is 3. The highest BCUT2D eigenvalue weighted by molar-refractivity contribution is 5.94. The number of rotatable bonds is 30. The van der Waals surface area contributed by atoms with Gasteiger partial charge in [0.05, 0.1) is 58.4 Å². The number of carbonyl (C=O) groups excluding carboxylic acids is 7. The van der Waals surface area contributed by atoms with Crippen LogP contribution >= 0.6 is 0 Å². The number of urea groups is 1.